The summed E-state index contributed by atoms with van der Waals surface area (Å²) in [5.41, 5.74) is 1.79. The molecule has 3 rings (SSSR count). The molecule has 0 spiro atoms. The number of aromatic nitrogens is 1. The molecule has 0 atom stereocenters. The number of anilines is 1. The normalized spacial score (nSPS) is 14.1. The van der Waals surface area contributed by atoms with Crippen molar-refractivity contribution in [1.82, 2.24) is 14.8 Å². The van der Waals surface area contributed by atoms with Gasteiger partial charge in [0.05, 0.1) is 0 Å². The minimum atomic E-state index is -0.0265. The van der Waals surface area contributed by atoms with Crippen LogP contribution in [-0.4, -0.2) is 59.3 Å². The molecular weight excluding hydrogens is 364 g/mol. The zero-order valence-corrected chi connectivity index (χ0v) is 16.1. The van der Waals surface area contributed by atoms with Gasteiger partial charge in [-0.3, -0.25) is 9.59 Å². The second-order valence-electron chi connectivity index (χ2n) is 6.53. The number of carbonyl (C=O) groups excluding carboxylic acids is 2. The number of pyridine rings is 1. The fourth-order valence-corrected chi connectivity index (χ4v) is 3.18. The van der Waals surface area contributed by atoms with Crippen molar-refractivity contribution in [3.05, 3.63) is 58.7 Å². The molecular formula is C20H23ClN4O2. The van der Waals surface area contributed by atoms with E-state index in [1.807, 2.05) is 24.3 Å². The van der Waals surface area contributed by atoms with E-state index in [1.54, 1.807) is 35.1 Å². The van der Waals surface area contributed by atoms with Crippen LogP contribution in [0.4, 0.5) is 5.82 Å². The van der Waals surface area contributed by atoms with E-state index >= 15 is 0 Å². The van der Waals surface area contributed by atoms with Gasteiger partial charge in [0.2, 0.25) is 5.91 Å². The van der Waals surface area contributed by atoms with Crippen molar-refractivity contribution in [2.45, 2.75) is 13.3 Å². The van der Waals surface area contributed by atoms with Gasteiger partial charge in [-0.25, -0.2) is 4.98 Å². The largest absolute Gasteiger partial charge is 0.370 e. The van der Waals surface area contributed by atoms with Gasteiger partial charge in [0.25, 0.3) is 5.91 Å². The van der Waals surface area contributed by atoms with Gasteiger partial charge in [0.1, 0.15) is 5.82 Å². The third-order valence-corrected chi connectivity index (χ3v) is 4.90. The molecule has 2 aromatic rings. The molecule has 27 heavy (non-hydrogen) atoms. The number of amides is 2. The molecule has 6 nitrogen and oxygen atoms in total. The summed E-state index contributed by atoms with van der Waals surface area (Å²) >= 11 is 5.90. The van der Waals surface area contributed by atoms with Gasteiger partial charge in [-0.15, -0.1) is 0 Å². The fraction of sp³-hybridized carbons (Fsp3) is 0.350. The van der Waals surface area contributed by atoms with Crippen LogP contribution in [0.2, 0.25) is 5.02 Å². The first kappa shape index (κ1) is 19.2. The Morgan fingerprint density at radius 1 is 1.07 bits per heavy atom. The predicted octanol–water partition coefficient (Wildman–Crippen LogP) is 2.69. The minimum absolute atomic E-state index is 0.0265. The minimum Gasteiger partial charge on any atom is -0.370 e. The summed E-state index contributed by atoms with van der Waals surface area (Å²) in [6.07, 6.45) is 2.48. The van der Waals surface area contributed by atoms with E-state index in [1.165, 1.54) is 5.56 Å². The lowest BCUT2D eigenvalue weighted by molar-refractivity contribution is -0.130. The van der Waals surface area contributed by atoms with E-state index < -0.39 is 0 Å². The molecule has 2 heterocycles. The Labute approximate surface area is 164 Å². The number of rotatable bonds is 5. The SMILES string of the molecule is CC(=O)N1CCN(C(=O)c2ccnc(NCCc3ccc(Cl)cc3)c2)CC1. The standard InChI is InChI=1S/C20H23ClN4O2/c1-15(26)24-10-12-25(13-11-24)20(27)17-7-9-23-19(14-17)22-8-6-16-2-4-18(21)5-3-16/h2-5,7,9,14H,6,8,10-13H2,1H3,(H,22,23). The number of hydrogen-bond donors (Lipinski definition) is 1. The molecule has 1 aliphatic rings. The van der Waals surface area contributed by atoms with Crippen LogP contribution in [-0.2, 0) is 11.2 Å². The molecule has 1 saturated heterocycles. The van der Waals surface area contributed by atoms with Crippen LogP contribution in [0.25, 0.3) is 0 Å². The number of hydrogen-bond acceptors (Lipinski definition) is 4. The van der Waals surface area contributed by atoms with Crippen molar-refractivity contribution >= 4 is 29.2 Å². The fourth-order valence-electron chi connectivity index (χ4n) is 3.05. The second-order valence-corrected chi connectivity index (χ2v) is 6.97. The third-order valence-electron chi connectivity index (χ3n) is 4.65. The van der Waals surface area contributed by atoms with Gasteiger partial charge in [-0.05, 0) is 36.2 Å². The second kappa shape index (κ2) is 8.86. The predicted molar refractivity (Wildman–Crippen MR) is 106 cm³/mol. The molecule has 1 aromatic carbocycles. The van der Waals surface area contributed by atoms with Crippen LogP contribution in [0.1, 0.15) is 22.8 Å². The quantitative estimate of drug-likeness (QED) is 0.858. The van der Waals surface area contributed by atoms with Gasteiger partial charge in [-0.2, -0.15) is 0 Å². The van der Waals surface area contributed by atoms with Crippen LogP contribution in [0.3, 0.4) is 0 Å². The Balaban J connectivity index is 1.54. The number of benzene rings is 1. The highest BCUT2D eigenvalue weighted by Crippen LogP contribution is 2.13. The molecule has 7 heteroatoms. The van der Waals surface area contributed by atoms with Crippen LogP contribution in [0, 0.1) is 0 Å². The van der Waals surface area contributed by atoms with Crippen LogP contribution in [0.15, 0.2) is 42.6 Å². The molecule has 1 aromatic heterocycles. The van der Waals surface area contributed by atoms with Crippen molar-refractivity contribution in [3.63, 3.8) is 0 Å². The molecule has 0 radical (unpaired) electrons. The third kappa shape index (κ3) is 5.20. The lowest BCUT2D eigenvalue weighted by Gasteiger charge is -2.34. The molecule has 0 bridgehead atoms. The molecule has 1 fully saturated rings. The zero-order valence-electron chi connectivity index (χ0n) is 15.3. The first-order valence-corrected chi connectivity index (χ1v) is 9.40. The van der Waals surface area contributed by atoms with Gasteiger partial charge in [0, 0.05) is 56.4 Å². The topological polar surface area (TPSA) is 65.5 Å². The van der Waals surface area contributed by atoms with E-state index in [9.17, 15) is 9.59 Å². The Morgan fingerprint density at radius 3 is 2.41 bits per heavy atom. The number of halogens is 1. The van der Waals surface area contributed by atoms with Gasteiger partial charge >= 0.3 is 0 Å². The lowest BCUT2D eigenvalue weighted by atomic mass is 10.1. The first-order chi connectivity index (χ1) is 13.0. The van der Waals surface area contributed by atoms with Crippen molar-refractivity contribution in [2.24, 2.45) is 0 Å². The highest BCUT2D eigenvalue weighted by atomic mass is 35.5. The first-order valence-electron chi connectivity index (χ1n) is 9.02. The maximum atomic E-state index is 12.7. The van der Waals surface area contributed by atoms with E-state index in [0.717, 1.165) is 11.4 Å². The summed E-state index contributed by atoms with van der Waals surface area (Å²) in [6, 6.07) is 11.3. The Kier molecular flexibility index (Phi) is 6.29. The van der Waals surface area contributed by atoms with Gasteiger partial charge in [0.15, 0.2) is 0 Å². The summed E-state index contributed by atoms with van der Waals surface area (Å²) in [4.78, 5) is 32.0. The summed E-state index contributed by atoms with van der Waals surface area (Å²) in [5.74, 6) is 0.705. The Bertz CT molecular complexity index is 802. The number of nitrogens with one attached hydrogen (secondary N) is 1. The number of piperazine rings is 1. The zero-order chi connectivity index (χ0) is 19.2. The molecule has 1 aliphatic heterocycles. The van der Waals surface area contributed by atoms with Crippen molar-refractivity contribution in [2.75, 3.05) is 38.0 Å². The molecule has 0 aliphatic carbocycles. The monoisotopic (exact) mass is 386 g/mol. The van der Waals surface area contributed by atoms with Crippen LogP contribution >= 0.6 is 11.6 Å². The van der Waals surface area contributed by atoms with Crippen molar-refractivity contribution < 1.29 is 9.59 Å². The molecule has 1 N–H and O–H groups in total. The summed E-state index contributed by atoms with van der Waals surface area (Å²) < 4.78 is 0. The van der Waals surface area contributed by atoms with Crippen molar-refractivity contribution in [3.8, 4) is 0 Å². The van der Waals surface area contributed by atoms with Crippen LogP contribution in [0.5, 0.6) is 0 Å². The van der Waals surface area contributed by atoms with Gasteiger partial charge in [-0.1, -0.05) is 23.7 Å². The molecule has 2 amide bonds. The highest BCUT2D eigenvalue weighted by molar-refractivity contribution is 6.30. The molecule has 0 unspecified atom stereocenters. The lowest BCUT2D eigenvalue weighted by Crippen LogP contribution is -2.50. The molecule has 0 saturated carbocycles. The summed E-state index contributed by atoms with van der Waals surface area (Å²) in [7, 11) is 0. The van der Waals surface area contributed by atoms with Crippen molar-refractivity contribution in [1.29, 1.82) is 0 Å². The summed E-state index contributed by atoms with van der Waals surface area (Å²) in [5, 5.41) is 3.99. The van der Waals surface area contributed by atoms with E-state index in [4.69, 9.17) is 11.6 Å². The molecule has 142 valence electrons. The van der Waals surface area contributed by atoms with Crippen LogP contribution < -0.4 is 5.32 Å². The summed E-state index contributed by atoms with van der Waals surface area (Å²) in [6.45, 7) is 4.54. The van der Waals surface area contributed by atoms with E-state index in [0.29, 0.717) is 44.1 Å². The van der Waals surface area contributed by atoms with E-state index in [2.05, 4.69) is 10.3 Å². The van der Waals surface area contributed by atoms with Gasteiger partial charge < -0.3 is 15.1 Å². The average Bonchev–Trinajstić information content (AvgIpc) is 2.69. The highest BCUT2D eigenvalue weighted by Gasteiger charge is 2.23. The Morgan fingerprint density at radius 2 is 1.74 bits per heavy atom. The van der Waals surface area contributed by atoms with E-state index in [-0.39, 0.29) is 11.8 Å². The smallest absolute Gasteiger partial charge is 0.254 e. The Hall–Kier alpha value is -2.60. The number of nitrogens with zero attached hydrogens (tertiary/aromatic N) is 3. The maximum Gasteiger partial charge on any atom is 0.254 e. The number of carbonyl (C=O) groups is 2. The maximum absolute atomic E-state index is 12.7. The average molecular weight is 387 g/mol.